The first-order valence-electron chi connectivity index (χ1n) is 7.17. The van der Waals surface area contributed by atoms with Crippen LogP contribution in [0, 0.1) is 0 Å². The molecule has 2 aromatic rings. The van der Waals surface area contributed by atoms with Crippen molar-refractivity contribution in [2.75, 3.05) is 11.9 Å². The van der Waals surface area contributed by atoms with Gasteiger partial charge in [0, 0.05) is 25.0 Å². The molecule has 0 unspecified atom stereocenters. The minimum Gasteiger partial charge on any atom is -0.342 e. The van der Waals surface area contributed by atoms with Crippen LogP contribution >= 0.6 is 11.6 Å². The fourth-order valence-corrected chi connectivity index (χ4v) is 2.90. The first-order valence-corrected chi connectivity index (χ1v) is 7.54. The van der Waals surface area contributed by atoms with E-state index >= 15 is 0 Å². The van der Waals surface area contributed by atoms with Crippen molar-refractivity contribution in [2.24, 2.45) is 0 Å². The van der Waals surface area contributed by atoms with Crippen LogP contribution in [0.5, 0.6) is 0 Å². The Morgan fingerprint density at radius 3 is 3.05 bits per heavy atom. The fourth-order valence-electron chi connectivity index (χ4n) is 2.68. The summed E-state index contributed by atoms with van der Waals surface area (Å²) in [6, 6.07) is 7.79. The van der Waals surface area contributed by atoms with Crippen LogP contribution in [0.4, 0.5) is 5.69 Å². The summed E-state index contributed by atoms with van der Waals surface area (Å²) in [5.41, 5.74) is 4.01. The van der Waals surface area contributed by atoms with Gasteiger partial charge in [0.05, 0.1) is 5.02 Å². The van der Waals surface area contributed by atoms with Gasteiger partial charge in [-0.2, -0.15) is 0 Å². The molecule has 0 aliphatic carbocycles. The summed E-state index contributed by atoms with van der Waals surface area (Å²) >= 11 is 5.98. The highest BCUT2D eigenvalue weighted by atomic mass is 35.5. The van der Waals surface area contributed by atoms with Gasteiger partial charge in [-0.15, -0.1) is 0 Å². The Bertz CT molecular complexity index is 678. The van der Waals surface area contributed by atoms with Gasteiger partial charge in [0.1, 0.15) is 5.69 Å². The van der Waals surface area contributed by atoms with E-state index in [4.69, 9.17) is 11.6 Å². The number of amides is 1. The molecule has 0 atom stereocenters. The number of aromatic nitrogens is 1. The van der Waals surface area contributed by atoms with Gasteiger partial charge in [0.2, 0.25) is 0 Å². The van der Waals surface area contributed by atoms with E-state index in [9.17, 15) is 4.79 Å². The lowest BCUT2D eigenvalue weighted by Crippen LogP contribution is -2.24. The number of halogens is 1. The molecule has 0 saturated heterocycles. The van der Waals surface area contributed by atoms with Crippen molar-refractivity contribution in [1.29, 1.82) is 0 Å². The normalized spacial score (nSPS) is 13.8. The van der Waals surface area contributed by atoms with Gasteiger partial charge < -0.3 is 15.2 Å². The van der Waals surface area contributed by atoms with Crippen molar-refractivity contribution < 1.29 is 4.79 Å². The summed E-state index contributed by atoms with van der Waals surface area (Å²) < 4.78 is 1.84. The molecule has 4 nitrogen and oxygen atoms in total. The van der Waals surface area contributed by atoms with Gasteiger partial charge in [0.15, 0.2) is 0 Å². The van der Waals surface area contributed by atoms with E-state index < -0.39 is 0 Å². The molecule has 2 heterocycles. The standard InChI is InChI=1S/C16H18ClN3O/c1-2-20-10-13(17)8-15(20)16(21)19-14-4-3-11-5-6-18-9-12(11)7-14/h3-4,7-8,10,18H,2,5-6,9H2,1H3,(H,19,21). The quantitative estimate of drug-likeness (QED) is 0.915. The van der Waals surface area contributed by atoms with Crippen molar-refractivity contribution in [3.05, 3.63) is 52.3 Å². The number of hydrogen-bond acceptors (Lipinski definition) is 2. The molecular weight excluding hydrogens is 286 g/mol. The van der Waals surface area contributed by atoms with Crippen LogP contribution in [0.2, 0.25) is 5.02 Å². The Labute approximate surface area is 129 Å². The summed E-state index contributed by atoms with van der Waals surface area (Å²) in [4.78, 5) is 12.4. The van der Waals surface area contributed by atoms with Gasteiger partial charge in [-0.3, -0.25) is 4.79 Å². The maximum absolute atomic E-state index is 12.4. The molecule has 3 rings (SSSR count). The van der Waals surface area contributed by atoms with Crippen LogP contribution in [-0.2, 0) is 19.5 Å². The van der Waals surface area contributed by atoms with Crippen LogP contribution in [0.1, 0.15) is 28.5 Å². The summed E-state index contributed by atoms with van der Waals surface area (Å²) in [6.45, 7) is 4.57. The second-order valence-electron chi connectivity index (χ2n) is 5.19. The van der Waals surface area contributed by atoms with Gasteiger partial charge in [-0.25, -0.2) is 0 Å². The lowest BCUT2D eigenvalue weighted by Gasteiger charge is -2.18. The average Bonchev–Trinajstić information content (AvgIpc) is 2.88. The Hall–Kier alpha value is -1.78. The van der Waals surface area contributed by atoms with Crippen LogP contribution in [0.3, 0.4) is 0 Å². The van der Waals surface area contributed by atoms with E-state index in [1.807, 2.05) is 23.6 Å². The number of rotatable bonds is 3. The van der Waals surface area contributed by atoms with Crippen LogP contribution < -0.4 is 10.6 Å². The molecule has 0 radical (unpaired) electrons. The van der Waals surface area contributed by atoms with Crippen LogP contribution in [-0.4, -0.2) is 17.0 Å². The lowest BCUT2D eigenvalue weighted by atomic mass is 10.0. The first-order chi connectivity index (χ1) is 10.2. The zero-order chi connectivity index (χ0) is 14.8. The molecule has 21 heavy (non-hydrogen) atoms. The third-order valence-electron chi connectivity index (χ3n) is 3.79. The molecular formula is C16H18ClN3O. The number of aryl methyl sites for hydroxylation is 1. The molecule has 5 heteroatoms. The predicted molar refractivity (Wildman–Crippen MR) is 84.9 cm³/mol. The maximum Gasteiger partial charge on any atom is 0.272 e. The third kappa shape index (κ3) is 2.96. The molecule has 1 aliphatic rings. The topological polar surface area (TPSA) is 46.1 Å². The summed E-state index contributed by atoms with van der Waals surface area (Å²) in [5, 5.41) is 6.87. The maximum atomic E-state index is 12.4. The highest BCUT2D eigenvalue weighted by molar-refractivity contribution is 6.31. The van der Waals surface area contributed by atoms with Gasteiger partial charge in [-0.05, 0) is 49.2 Å². The number of carbonyl (C=O) groups excluding carboxylic acids is 1. The number of nitrogens with zero attached hydrogens (tertiary/aromatic N) is 1. The first kappa shape index (κ1) is 14.2. The van der Waals surface area contributed by atoms with E-state index in [0.717, 1.165) is 25.2 Å². The van der Waals surface area contributed by atoms with Crippen LogP contribution in [0.25, 0.3) is 0 Å². The van der Waals surface area contributed by atoms with Crippen molar-refractivity contribution in [1.82, 2.24) is 9.88 Å². The second kappa shape index (κ2) is 5.92. The minimum atomic E-state index is -0.132. The third-order valence-corrected chi connectivity index (χ3v) is 3.99. The van der Waals surface area contributed by atoms with Crippen molar-refractivity contribution in [3.63, 3.8) is 0 Å². The second-order valence-corrected chi connectivity index (χ2v) is 5.63. The van der Waals surface area contributed by atoms with Gasteiger partial charge in [-0.1, -0.05) is 17.7 Å². The van der Waals surface area contributed by atoms with Gasteiger partial charge >= 0.3 is 0 Å². The zero-order valence-corrected chi connectivity index (χ0v) is 12.7. The molecule has 1 aromatic heterocycles. The summed E-state index contributed by atoms with van der Waals surface area (Å²) in [6.07, 6.45) is 2.81. The monoisotopic (exact) mass is 303 g/mol. The van der Waals surface area contributed by atoms with Crippen LogP contribution in [0.15, 0.2) is 30.5 Å². The Balaban J connectivity index is 1.81. The molecule has 0 fully saturated rings. The van der Waals surface area contributed by atoms with E-state index in [2.05, 4.69) is 16.7 Å². The minimum absolute atomic E-state index is 0.132. The molecule has 0 saturated carbocycles. The number of hydrogen-bond donors (Lipinski definition) is 2. The van der Waals surface area contributed by atoms with Gasteiger partial charge in [0.25, 0.3) is 5.91 Å². The molecule has 0 bridgehead atoms. The van der Waals surface area contributed by atoms with Crippen molar-refractivity contribution >= 4 is 23.2 Å². The Morgan fingerprint density at radius 2 is 2.24 bits per heavy atom. The smallest absolute Gasteiger partial charge is 0.272 e. The lowest BCUT2D eigenvalue weighted by molar-refractivity contribution is 0.101. The van der Waals surface area contributed by atoms with E-state index in [1.165, 1.54) is 11.1 Å². The van der Waals surface area contributed by atoms with Crippen molar-refractivity contribution in [2.45, 2.75) is 26.4 Å². The highest BCUT2D eigenvalue weighted by Crippen LogP contribution is 2.20. The number of nitrogens with one attached hydrogen (secondary N) is 2. The van der Waals surface area contributed by atoms with Crippen molar-refractivity contribution in [3.8, 4) is 0 Å². The zero-order valence-electron chi connectivity index (χ0n) is 11.9. The average molecular weight is 304 g/mol. The predicted octanol–water partition coefficient (Wildman–Crippen LogP) is 3.06. The Kier molecular flexibility index (Phi) is 3.99. The SMILES string of the molecule is CCn1cc(Cl)cc1C(=O)Nc1ccc2c(c1)CNCC2. The van der Waals surface area contributed by atoms with E-state index in [0.29, 0.717) is 17.3 Å². The molecule has 110 valence electrons. The largest absolute Gasteiger partial charge is 0.342 e. The molecule has 2 N–H and O–H groups in total. The number of benzene rings is 1. The molecule has 0 spiro atoms. The molecule has 1 aliphatic heterocycles. The summed E-state index contributed by atoms with van der Waals surface area (Å²) in [7, 11) is 0. The fraction of sp³-hybridized carbons (Fsp3) is 0.312. The number of anilines is 1. The van der Waals surface area contributed by atoms with E-state index in [-0.39, 0.29) is 5.91 Å². The Morgan fingerprint density at radius 1 is 1.38 bits per heavy atom. The highest BCUT2D eigenvalue weighted by Gasteiger charge is 2.14. The van der Waals surface area contributed by atoms with E-state index in [1.54, 1.807) is 12.3 Å². The molecule has 1 amide bonds. The molecule has 1 aromatic carbocycles. The number of fused-ring (bicyclic) bond motifs is 1. The number of carbonyl (C=O) groups is 1. The summed E-state index contributed by atoms with van der Waals surface area (Å²) in [5.74, 6) is -0.132.